The first-order valence-electron chi connectivity index (χ1n) is 13.6. The Balaban J connectivity index is 1.64. The lowest BCUT2D eigenvalue weighted by atomic mass is 9.81. The minimum Gasteiger partial charge on any atom is -0.289 e. The summed E-state index contributed by atoms with van der Waals surface area (Å²) in [5.41, 5.74) is 2.54. The van der Waals surface area contributed by atoms with Gasteiger partial charge in [0.15, 0.2) is 11.6 Å². The third-order valence-electron chi connectivity index (χ3n) is 7.64. The highest BCUT2D eigenvalue weighted by Crippen LogP contribution is 2.30. The molecule has 0 spiro atoms. The van der Waals surface area contributed by atoms with Gasteiger partial charge in [-0.2, -0.15) is 0 Å². The number of carbonyl (C=O) groups excluding carboxylic acids is 2. The molecular formula is C31H48O2. The first-order chi connectivity index (χ1) is 15.7. The molecule has 0 heterocycles. The molecule has 0 aromatic heterocycles. The molecule has 2 rings (SSSR count). The summed E-state index contributed by atoms with van der Waals surface area (Å²) in [7, 11) is 0. The van der Waals surface area contributed by atoms with Crippen molar-refractivity contribution < 1.29 is 9.59 Å². The summed E-state index contributed by atoms with van der Waals surface area (Å²) < 4.78 is 0. The van der Waals surface area contributed by atoms with Gasteiger partial charge in [0, 0.05) is 22.3 Å². The molecule has 2 heteroatoms. The lowest BCUT2D eigenvalue weighted by Crippen LogP contribution is -2.21. The number of allylic oxidation sites excluding steroid dienone is 2. The van der Waals surface area contributed by atoms with Crippen LogP contribution in [-0.2, 0) is 0 Å². The van der Waals surface area contributed by atoms with Crippen LogP contribution < -0.4 is 0 Å². The molecule has 0 aliphatic heterocycles. The molecule has 33 heavy (non-hydrogen) atoms. The largest absolute Gasteiger partial charge is 0.289 e. The van der Waals surface area contributed by atoms with Crippen molar-refractivity contribution in [2.75, 3.05) is 0 Å². The van der Waals surface area contributed by atoms with Crippen molar-refractivity contribution in [2.24, 2.45) is 23.7 Å². The second kappa shape index (κ2) is 13.9. The lowest BCUT2D eigenvalue weighted by molar-refractivity contribution is 0.0971. The average molecular weight is 453 g/mol. The molecular weight excluding hydrogens is 404 g/mol. The number of Topliss-reactive ketones (excluding diaryl/α,β-unsaturated/α-hetero) is 2. The molecule has 0 saturated carbocycles. The Bertz CT molecular complexity index is 801. The Morgan fingerprint density at radius 3 is 1.52 bits per heavy atom. The molecule has 0 N–H and O–H groups in total. The van der Waals surface area contributed by atoms with Crippen molar-refractivity contribution in [3.63, 3.8) is 0 Å². The number of hydrogen-bond acceptors (Lipinski definition) is 2. The van der Waals surface area contributed by atoms with Crippen LogP contribution in [0, 0.1) is 23.7 Å². The minimum absolute atomic E-state index is 0.0240. The van der Waals surface area contributed by atoms with E-state index in [0.29, 0.717) is 22.6 Å². The molecule has 3 atom stereocenters. The maximum absolute atomic E-state index is 12.9. The molecule has 1 aliphatic rings. The topological polar surface area (TPSA) is 34.1 Å². The van der Waals surface area contributed by atoms with Gasteiger partial charge in [-0.05, 0) is 43.4 Å². The van der Waals surface area contributed by atoms with E-state index in [0.717, 1.165) is 36.2 Å². The summed E-state index contributed by atoms with van der Waals surface area (Å²) in [6, 6.07) is 7.24. The Morgan fingerprint density at radius 2 is 1.03 bits per heavy atom. The second-order valence-electron chi connectivity index (χ2n) is 11.3. The van der Waals surface area contributed by atoms with Gasteiger partial charge in [-0.3, -0.25) is 9.59 Å². The monoisotopic (exact) mass is 452 g/mol. The van der Waals surface area contributed by atoms with Crippen LogP contribution in [0.2, 0.25) is 0 Å². The number of hydrogen-bond donors (Lipinski definition) is 0. The zero-order valence-corrected chi connectivity index (χ0v) is 22.2. The molecule has 1 unspecified atom stereocenters. The van der Waals surface area contributed by atoms with E-state index in [4.69, 9.17) is 0 Å². The van der Waals surface area contributed by atoms with Crippen molar-refractivity contribution in [2.45, 2.75) is 112 Å². The van der Waals surface area contributed by atoms with Gasteiger partial charge < -0.3 is 0 Å². The Hall–Kier alpha value is -1.70. The van der Waals surface area contributed by atoms with Crippen LogP contribution in [0.5, 0.6) is 0 Å². The summed E-state index contributed by atoms with van der Waals surface area (Å²) in [6.45, 7) is 13.6. The minimum atomic E-state index is 0.0240. The summed E-state index contributed by atoms with van der Waals surface area (Å²) in [4.78, 5) is 25.6. The molecule has 184 valence electrons. The molecule has 2 nitrogen and oxygen atoms in total. The van der Waals surface area contributed by atoms with Crippen LogP contribution in [0.15, 0.2) is 35.4 Å². The Labute approximate surface area is 203 Å². The van der Waals surface area contributed by atoms with Crippen LogP contribution in [0.25, 0.3) is 0 Å². The van der Waals surface area contributed by atoms with Crippen molar-refractivity contribution in [3.8, 4) is 0 Å². The number of carbonyl (C=O) groups is 2. The molecule has 0 amide bonds. The van der Waals surface area contributed by atoms with E-state index in [-0.39, 0.29) is 11.6 Å². The van der Waals surface area contributed by atoms with Crippen molar-refractivity contribution >= 4 is 11.6 Å². The molecule has 0 fully saturated rings. The van der Waals surface area contributed by atoms with E-state index >= 15 is 0 Å². The summed E-state index contributed by atoms with van der Waals surface area (Å²) in [5, 5.41) is 0. The molecule has 1 aliphatic carbocycles. The average Bonchev–Trinajstić information content (AvgIpc) is 2.77. The van der Waals surface area contributed by atoms with Crippen LogP contribution >= 0.6 is 0 Å². The van der Waals surface area contributed by atoms with Gasteiger partial charge >= 0.3 is 0 Å². The van der Waals surface area contributed by atoms with Crippen LogP contribution in [0.3, 0.4) is 0 Å². The predicted molar refractivity (Wildman–Crippen MR) is 141 cm³/mol. The van der Waals surface area contributed by atoms with E-state index in [2.05, 4.69) is 34.6 Å². The van der Waals surface area contributed by atoms with E-state index in [1.165, 1.54) is 57.8 Å². The third-order valence-corrected chi connectivity index (χ3v) is 7.64. The Morgan fingerprint density at radius 1 is 0.606 bits per heavy atom. The fraction of sp³-hybridized carbons (Fsp3) is 0.677. The van der Waals surface area contributed by atoms with Crippen LogP contribution in [0.4, 0.5) is 0 Å². The van der Waals surface area contributed by atoms with E-state index < -0.39 is 0 Å². The van der Waals surface area contributed by atoms with Gasteiger partial charge in [-0.15, -0.1) is 0 Å². The smallest absolute Gasteiger partial charge is 0.190 e. The molecule has 1 aromatic rings. The maximum Gasteiger partial charge on any atom is 0.190 e. The van der Waals surface area contributed by atoms with Crippen molar-refractivity contribution in [1.82, 2.24) is 0 Å². The number of benzene rings is 1. The number of ketones is 2. The first kappa shape index (κ1) is 27.5. The van der Waals surface area contributed by atoms with E-state index in [9.17, 15) is 9.59 Å². The van der Waals surface area contributed by atoms with Gasteiger partial charge in [0.2, 0.25) is 0 Å². The molecule has 1 aromatic carbocycles. The summed E-state index contributed by atoms with van der Waals surface area (Å²) in [6.07, 6.45) is 13.7. The van der Waals surface area contributed by atoms with Gasteiger partial charge in [-0.1, -0.05) is 117 Å². The zero-order chi connectivity index (χ0) is 24.4. The first-order valence-corrected chi connectivity index (χ1v) is 13.6. The van der Waals surface area contributed by atoms with Gasteiger partial charge in [-0.25, -0.2) is 0 Å². The van der Waals surface area contributed by atoms with Crippen molar-refractivity contribution in [3.05, 3.63) is 46.5 Å². The van der Waals surface area contributed by atoms with Crippen molar-refractivity contribution in [1.29, 1.82) is 0 Å². The highest BCUT2D eigenvalue weighted by atomic mass is 16.1. The zero-order valence-electron chi connectivity index (χ0n) is 22.2. The van der Waals surface area contributed by atoms with Crippen LogP contribution in [0.1, 0.15) is 133 Å². The van der Waals surface area contributed by atoms with Gasteiger partial charge in [0.1, 0.15) is 0 Å². The quantitative estimate of drug-likeness (QED) is 0.266. The maximum atomic E-state index is 12.9. The molecule has 0 radical (unpaired) electrons. The summed E-state index contributed by atoms with van der Waals surface area (Å²) >= 11 is 0. The SMILES string of the molecule is CC1=C(CCC(C)CCC[C@@H](C)CCC[C@@H](C)CCCC(C)C)C(=O)c2ccccc2C1=O. The van der Waals surface area contributed by atoms with E-state index in [1.54, 1.807) is 12.1 Å². The highest BCUT2D eigenvalue weighted by molar-refractivity contribution is 6.26. The van der Waals surface area contributed by atoms with Gasteiger partial charge in [0.25, 0.3) is 0 Å². The van der Waals surface area contributed by atoms with Crippen LogP contribution in [-0.4, -0.2) is 11.6 Å². The molecule has 0 bridgehead atoms. The molecule has 0 saturated heterocycles. The normalized spacial score (nSPS) is 16.8. The lowest BCUT2D eigenvalue weighted by Gasteiger charge is -2.20. The fourth-order valence-corrected chi connectivity index (χ4v) is 5.18. The fourth-order valence-electron chi connectivity index (χ4n) is 5.18. The number of rotatable bonds is 15. The number of fused-ring (bicyclic) bond motifs is 1. The second-order valence-corrected chi connectivity index (χ2v) is 11.3. The Kier molecular flexibility index (Phi) is 11.6. The van der Waals surface area contributed by atoms with Gasteiger partial charge in [0.05, 0.1) is 0 Å². The predicted octanol–water partition coefficient (Wildman–Crippen LogP) is 9.24. The summed E-state index contributed by atoms with van der Waals surface area (Å²) in [5.74, 6) is 3.17. The highest BCUT2D eigenvalue weighted by Gasteiger charge is 2.29. The van der Waals surface area contributed by atoms with E-state index in [1.807, 2.05) is 19.1 Å². The standard InChI is InChI=1S/C31H48O2/c1-22(2)12-9-13-23(3)14-10-15-24(4)16-11-17-25(5)20-21-27-26(6)30(32)28-18-7-8-19-29(28)31(27)33/h7-8,18-19,22-25H,9-17,20-21H2,1-6H3/t23-,24-,25?/m0/s1. The third kappa shape index (κ3) is 8.87.